The first-order valence-electron chi connectivity index (χ1n) is 11.5. The van der Waals surface area contributed by atoms with Gasteiger partial charge < -0.3 is 19.8 Å². The van der Waals surface area contributed by atoms with Gasteiger partial charge in [-0.05, 0) is 65.9 Å². The number of likely N-dealkylation sites (tertiary alicyclic amines) is 1. The zero-order valence-corrected chi connectivity index (χ0v) is 19.9. The monoisotopic (exact) mass is 472 g/mol. The second-order valence-electron chi connectivity index (χ2n) is 9.06. The minimum absolute atomic E-state index is 0.00327. The molecule has 7 nitrogen and oxygen atoms in total. The standard InChI is InChI=1S/C28H28N2O5/c1-17(2)16-35-22-10-11-23(18(3)13-22)26(32)24-25(20-6-8-21(31)9-7-20)30(28(34)27(24)33)15-19-5-4-12-29-14-19/h4-14,17,25,31-32H,15-16H2,1-3H3/b26-24+. The summed E-state index contributed by atoms with van der Waals surface area (Å²) in [6, 6.07) is 14.3. The van der Waals surface area contributed by atoms with Crippen LogP contribution in [0.5, 0.6) is 11.5 Å². The average Bonchev–Trinajstić information content (AvgIpc) is 3.08. The van der Waals surface area contributed by atoms with E-state index in [2.05, 4.69) is 18.8 Å². The van der Waals surface area contributed by atoms with Crippen molar-refractivity contribution in [2.24, 2.45) is 5.92 Å². The summed E-state index contributed by atoms with van der Waals surface area (Å²) in [4.78, 5) is 31.9. The van der Waals surface area contributed by atoms with E-state index in [0.29, 0.717) is 35.0 Å². The Balaban J connectivity index is 1.79. The largest absolute Gasteiger partial charge is 0.508 e. The average molecular weight is 473 g/mol. The first kappa shape index (κ1) is 24.0. The van der Waals surface area contributed by atoms with Gasteiger partial charge in [0.2, 0.25) is 0 Å². The maximum absolute atomic E-state index is 13.2. The van der Waals surface area contributed by atoms with Crippen LogP contribution in [-0.4, -0.2) is 38.4 Å². The van der Waals surface area contributed by atoms with Crippen molar-refractivity contribution in [2.45, 2.75) is 33.4 Å². The van der Waals surface area contributed by atoms with Crippen molar-refractivity contribution in [1.82, 2.24) is 9.88 Å². The molecule has 0 bridgehead atoms. The van der Waals surface area contributed by atoms with E-state index in [4.69, 9.17) is 4.74 Å². The number of pyridine rings is 1. The number of phenolic OH excluding ortho intramolecular Hbond substituents is 1. The summed E-state index contributed by atoms with van der Waals surface area (Å²) >= 11 is 0. The Morgan fingerprint density at radius 1 is 1.11 bits per heavy atom. The predicted molar refractivity (Wildman–Crippen MR) is 132 cm³/mol. The van der Waals surface area contributed by atoms with Crippen LogP contribution in [0.2, 0.25) is 0 Å². The van der Waals surface area contributed by atoms with Crippen LogP contribution in [0.1, 0.15) is 42.1 Å². The van der Waals surface area contributed by atoms with E-state index in [1.54, 1.807) is 48.8 Å². The summed E-state index contributed by atoms with van der Waals surface area (Å²) in [5, 5.41) is 21.1. The van der Waals surface area contributed by atoms with E-state index in [0.717, 1.165) is 5.56 Å². The lowest BCUT2D eigenvalue weighted by molar-refractivity contribution is -0.140. The van der Waals surface area contributed by atoms with Crippen LogP contribution in [0.25, 0.3) is 5.76 Å². The summed E-state index contributed by atoms with van der Waals surface area (Å²) in [6.07, 6.45) is 3.26. The first-order valence-corrected chi connectivity index (χ1v) is 11.5. The minimum atomic E-state index is -0.827. The quantitative estimate of drug-likeness (QED) is 0.292. The lowest BCUT2D eigenvalue weighted by Gasteiger charge is -2.25. The van der Waals surface area contributed by atoms with Crippen LogP contribution in [0, 0.1) is 12.8 Å². The van der Waals surface area contributed by atoms with Gasteiger partial charge in [0.25, 0.3) is 11.7 Å². The van der Waals surface area contributed by atoms with Gasteiger partial charge in [0, 0.05) is 24.5 Å². The van der Waals surface area contributed by atoms with E-state index < -0.39 is 17.7 Å². The lowest BCUT2D eigenvalue weighted by Crippen LogP contribution is -2.29. The number of aryl methyl sites for hydroxylation is 1. The molecule has 1 atom stereocenters. The molecule has 7 heteroatoms. The molecular formula is C28H28N2O5. The molecule has 1 unspecified atom stereocenters. The number of hydrogen-bond donors (Lipinski definition) is 2. The molecule has 1 fully saturated rings. The number of hydrogen-bond acceptors (Lipinski definition) is 6. The highest BCUT2D eigenvalue weighted by Gasteiger charge is 2.46. The van der Waals surface area contributed by atoms with E-state index in [9.17, 15) is 19.8 Å². The van der Waals surface area contributed by atoms with Gasteiger partial charge in [0.1, 0.15) is 17.3 Å². The van der Waals surface area contributed by atoms with Gasteiger partial charge in [-0.25, -0.2) is 0 Å². The Labute approximate surface area is 204 Å². The number of carbonyl (C=O) groups excluding carboxylic acids is 2. The van der Waals surface area contributed by atoms with Crippen LogP contribution in [0.15, 0.2) is 72.6 Å². The number of ether oxygens (including phenoxy) is 1. The number of aromatic hydroxyl groups is 1. The summed E-state index contributed by atoms with van der Waals surface area (Å²) in [5.74, 6) is -0.620. The molecule has 2 aromatic carbocycles. The Kier molecular flexibility index (Phi) is 6.87. The van der Waals surface area contributed by atoms with Gasteiger partial charge in [0.05, 0.1) is 18.2 Å². The Morgan fingerprint density at radius 3 is 2.49 bits per heavy atom. The molecule has 35 heavy (non-hydrogen) atoms. The minimum Gasteiger partial charge on any atom is -0.508 e. The molecule has 2 heterocycles. The van der Waals surface area contributed by atoms with Gasteiger partial charge in [-0.15, -0.1) is 0 Å². The number of amides is 1. The molecule has 0 spiro atoms. The number of phenols is 1. The van der Waals surface area contributed by atoms with Crippen LogP contribution in [0.3, 0.4) is 0 Å². The van der Waals surface area contributed by atoms with Gasteiger partial charge >= 0.3 is 0 Å². The number of carbonyl (C=O) groups is 2. The molecule has 1 aliphatic heterocycles. The Hall–Kier alpha value is -4.13. The molecule has 0 aliphatic carbocycles. The van der Waals surface area contributed by atoms with Gasteiger partial charge in [-0.1, -0.05) is 32.0 Å². The zero-order valence-electron chi connectivity index (χ0n) is 19.9. The number of aromatic nitrogens is 1. The predicted octanol–water partition coefficient (Wildman–Crippen LogP) is 4.75. The van der Waals surface area contributed by atoms with Crippen molar-refractivity contribution in [3.63, 3.8) is 0 Å². The summed E-state index contributed by atoms with van der Waals surface area (Å²) in [6.45, 7) is 6.63. The van der Waals surface area contributed by atoms with Crippen LogP contribution in [0.4, 0.5) is 0 Å². The maximum Gasteiger partial charge on any atom is 0.295 e. The molecule has 1 amide bonds. The summed E-state index contributed by atoms with van der Waals surface area (Å²) < 4.78 is 5.78. The van der Waals surface area contributed by atoms with Gasteiger partial charge in [0.15, 0.2) is 0 Å². The molecule has 1 aromatic heterocycles. The van der Waals surface area contributed by atoms with Crippen LogP contribution >= 0.6 is 0 Å². The fourth-order valence-corrected chi connectivity index (χ4v) is 4.13. The van der Waals surface area contributed by atoms with Crippen molar-refractivity contribution in [2.75, 3.05) is 6.61 Å². The van der Waals surface area contributed by atoms with Crippen molar-refractivity contribution >= 4 is 17.4 Å². The van der Waals surface area contributed by atoms with E-state index >= 15 is 0 Å². The third kappa shape index (κ3) is 5.04. The number of aliphatic hydroxyl groups is 1. The fraction of sp³-hybridized carbons (Fsp3) is 0.250. The Morgan fingerprint density at radius 2 is 1.86 bits per heavy atom. The van der Waals surface area contributed by atoms with Crippen molar-refractivity contribution in [1.29, 1.82) is 0 Å². The number of aliphatic hydroxyl groups excluding tert-OH is 1. The molecule has 2 N–H and O–H groups in total. The number of nitrogens with zero attached hydrogens (tertiary/aromatic N) is 2. The first-order chi connectivity index (χ1) is 16.8. The highest BCUT2D eigenvalue weighted by atomic mass is 16.5. The lowest BCUT2D eigenvalue weighted by atomic mass is 9.93. The fourth-order valence-electron chi connectivity index (χ4n) is 4.13. The molecule has 0 radical (unpaired) electrons. The molecule has 180 valence electrons. The van der Waals surface area contributed by atoms with Gasteiger partial charge in [-0.2, -0.15) is 0 Å². The normalized spacial score (nSPS) is 17.3. The highest BCUT2D eigenvalue weighted by molar-refractivity contribution is 6.46. The number of Topliss-reactive ketones (excluding diaryl/α,β-unsaturated/α-hetero) is 1. The number of benzene rings is 2. The molecular weight excluding hydrogens is 444 g/mol. The summed E-state index contributed by atoms with van der Waals surface area (Å²) in [5.41, 5.74) is 2.52. The molecule has 4 rings (SSSR count). The van der Waals surface area contributed by atoms with Crippen molar-refractivity contribution < 1.29 is 24.5 Å². The third-order valence-electron chi connectivity index (χ3n) is 5.86. The molecule has 0 saturated carbocycles. The SMILES string of the molecule is Cc1cc(OCC(C)C)ccc1/C(O)=C1\C(=O)C(=O)N(Cc2cccnc2)C1c1ccc(O)cc1. The number of ketones is 1. The topological polar surface area (TPSA) is 100.0 Å². The van der Waals surface area contributed by atoms with E-state index in [1.807, 2.05) is 13.0 Å². The maximum atomic E-state index is 13.2. The number of rotatable bonds is 7. The molecule has 1 saturated heterocycles. The third-order valence-corrected chi connectivity index (χ3v) is 5.86. The smallest absolute Gasteiger partial charge is 0.295 e. The summed E-state index contributed by atoms with van der Waals surface area (Å²) in [7, 11) is 0. The van der Waals surface area contributed by atoms with Gasteiger partial charge in [-0.3, -0.25) is 14.6 Å². The van der Waals surface area contributed by atoms with Crippen molar-refractivity contribution in [3.05, 3.63) is 94.8 Å². The molecule has 1 aliphatic rings. The second-order valence-corrected chi connectivity index (χ2v) is 9.06. The van der Waals surface area contributed by atoms with E-state index in [1.165, 1.54) is 17.0 Å². The van der Waals surface area contributed by atoms with Crippen molar-refractivity contribution in [3.8, 4) is 11.5 Å². The molecule has 3 aromatic rings. The zero-order chi connectivity index (χ0) is 25.1. The van der Waals surface area contributed by atoms with Crippen LogP contribution < -0.4 is 4.74 Å². The van der Waals surface area contributed by atoms with E-state index in [-0.39, 0.29) is 23.6 Å². The highest BCUT2D eigenvalue weighted by Crippen LogP contribution is 2.41. The Bertz CT molecular complexity index is 1270. The van der Waals surface area contributed by atoms with Crippen LogP contribution in [-0.2, 0) is 16.1 Å². The second kappa shape index (κ2) is 10.0.